The molecule has 282 valence electrons. The number of halogens is 4. The normalized spacial score (nSPS) is 15.0. The number of benzene rings is 1. The Morgan fingerprint density at radius 1 is 1.02 bits per heavy atom. The number of imidazole rings is 1. The van der Waals surface area contributed by atoms with Crippen molar-refractivity contribution in [1.82, 2.24) is 44.4 Å². The van der Waals surface area contributed by atoms with Crippen molar-refractivity contribution in [2.75, 3.05) is 63.6 Å². The van der Waals surface area contributed by atoms with Gasteiger partial charge in [0.1, 0.15) is 0 Å². The van der Waals surface area contributed by atoms with E-state index in [1.54, 1.807) is 23.9 Å². The van der Waals surface area contributed by atoms with Gasteiger partial charge in [-0.05, 0) is 44.1 Å². The molecule has 0 aliphatic carbocycles. The molecule has 0 bridgehead atoms. The van der Waals surface area contributed by atoms with E-state index >= 15 is 0 Å². The maximum Gasteiger partial charge on any atom is 0.435 e. The van der Waals surface area contributed by atoms with Gasteiger partial charge in [-0.1, -0.05) is 11.6 Å². The Kier molecular flexibility index (Phi) is 12.0. The van der Waals surface area contributed by atoms with Crippen LogP contribution in [0.2, 0.25) is 5.02 Å². The van der Waals surface area contributed by atoms with Crippen molar-refractivity contribution in [3.8, 4) is 17.2 Å². The Morgan fingerprint density at radius 2 is 1.64 bits per heavy atom. The fourth-order valence-corrected chi connectivity index (χ4v) is 6.25. The third-order valence-electron chi connectivity index (χ3n) is 8.82. The molecule has 0 unspecified atom stereocenters. The largest absolute Gasteiger partial charge is 0.483 e. The fourth-order valence-electron chi connectivity index (χ4n) is 5.99. The number of carboxylic acid groups (broad SMARTS) is 1. The predicted molar refractivity (Wildman–Crippen MR) is 187 cm³/mol. The number of amides is 3. The highest BCUT2D eigenvalue weighted by molar-refractivity contribution is 6.34. The summed E-state index contributed by atoms with van der Waals surface area (Å²) in [5, 5.41) is 16.6. The number of piperidine rings is 1. The molecule has 2 aliphatic heterocycles. The number of hydrogen-bond acceptors (Lipinski definition) is 10. The van der Waals surface area contributed by atoms with Crippen LogP contribution in [0, 0.1) is 5.92 Å². The van der Waals surface area contributed by atoms with Gasteiger partial charge in [0.05, 0.1) is 46.1 Å². The molecule has 0 saturated carbocycles. The Hall–Kier alpha value is -5.56. The van der Waals surface area contributed by atoms with Crippen LogP contribution >= 0.6 is 11.6 Å². The van der Waals surface area contributed by atoms with E-state index in [0.717, 1.165) is 43.0 Å². The molecule has 2 fully saturated rings. The molecule has 2 saturated heterocycles. The van der Waals surface area contributed by atoms with Crippen LogP contribution in [0.5, 0.6) is 0 Å². The average molecular weight is 760 g/mol. The van der Waals surface area contributed by atoms with E-state index in [0.29, 0.717) is 31.9 Å². The predicted octanol–water partition coefficient (Wildman–Crippen LogP) is 3.04. The topological polar surface area (TPSA) is 184 Å². The summed E-state index contributed by atoms with van der Waals surface area (Å²) in [6.07, 6.45) is 1.99. The number of carbonyl (C=O) groups excluding carboxylic acids is 3. The van der Waals surface area contributed by atoms with Crippen molar-refractivity contribution >= 4 is 47.2 Å². The lowest BCUT2D eigenvalue weighted by atomic mass is 9.96. The zero-order chi connectivity index (χ0) is 38.4. The molecular formula is C33H37ClF3N11O5. The van der Waals surface area contributed by atoms with E-state index in [4.69, 9.17) is 21.5 Å². The number of carbonyl (C=O) groups is 4. The van der Waals surface area contributed by atoms with Crippen LogP contribution in [-0.4, -0.2) is 122 Å². The lowest BCUT2D eigenvalue weighted by Crippen LogP contribution is -2.52. The first-order valence-corrected chi connectivity index (χ1v) is 16.8. The zero-order valence-corrected chi connectivity index (χ0v) is 29.7. The van der Waals surface area contributed by atoms with Crippen molar-refractivity contribution < 1.29 is 37.5 Å². The van der Waals surface area contributed by atoms with E-state index in [-0.39, 0.29) is 63.5 Å². The second-order valence-corrected chi connectivity index (χ2v) is 12.8. The van der Waals surface area contributed by atoms with E-state index in [1.165, 1.54) is 42.2 Å². The molecule has 53 heavy (non-hydrogen) atoms. The monoisotopic (exact) mass is 759 g/mol. The Balaban J connectivity index is 0.00000175. The highest BCUT2D eigenvalue weighted by atomic mass is 35.5. The van der Waals surface area contributed by atoms with Crippen LogP contribution in [-0.2, 0) is 22.8 Å². The van der Waals surface area contributed by atoms with Crippen LogP contribution in [0.3, 0.4) is 0 Å². The van der Waals surface area contributed by atoms with E-state index in [9.17, 15) is 27.6 Å². The number of rotatable bonds is 7. The number of alkyl halides is 3. The smallest absolute Gasteiger partial charge is 0.435 e. The van der Waals surface area contributed by atoms with Crippen molar-refractivity contribution in [1.29, 1.82) is 0 Å². The van der Waals surface area contributed by atoms with Gasteiger partial charge in [-0.25, -0.2) is 19.6 Å². The van der Waals surface area contributed by atoms with Crippen LogP contribution in [0.4, 0.5) is 24.5 Å². The van der Waals surface area contributed by atoms with Crippen molar-refractivity contribution in [2.45, 2.75) is 19.0 Å². The zero-order valence-electron chi connectivity index (χ0n) is 29.0. The molecule has 6 rings (SSSR count). The van der Waals surface area contributed by atoms with Gasteiger partial charge in [0.25, 0.3) is 24.2 Å². The van der Waals surface area contributed by atoms with Gasteiger partial charge < -0.3 is 35.0 Å². The summed E-state index contributed by atoms with van der Waals surface area (Å²) >= 11 is 6.49. The summed E-state index contributed by atoms with van der Waals surface area (Å²) in [6, 6.07) is 4.42. The van der Waals surface area contributed by atoms with E-state index in [2.05, 4.69) is 30.7 Å². The first-order valence-electron chi connectivity index (χ1n) is 16.4. The second-order valence-electron chi connectivity index (χ2n) is 12.4. The molecule has 3 N–H and O–H groups in total. The molecule has 20 heteroatoms. The van der Waals surface area contributed by atoms with Gasteiger partial charge in [0.15, 0.2) is 11.5 Å². The van der Waals surface area contributed by atoms with Crippen LogP contribution in [0.1, 0.15) is 39.5 Å². The maximum absolute atomic E-state index is 14.1. The second kappa shape index (κ2) is 16.4. The highest BCUT2D eigenvalue weighted by Gasteiger charge is 2.39. The molecule has 4 aromatic rings. The molecular weight excluding hydrogens is 723 g/mol. The van der Waals surface area contributed by atoms with Gasteiger partial charge >= 0.3 is 6.18 Å². The van der Waals surface area contributed by atoms with Crippen LogP contribution in [0.15, 0.2) is 43.0 Å². The van der Waals surface area contributed by atoms with Crippen molar-refractivity contribution in [3.63, 3.8) is 0 Å². The minimum Gasteiger partial charge on any atom is -0.483 e. The SMILES string of the molecule is CN(C)c1cnc(-n2cc(-c3cnc(C(=O)Nc4ccc(C(=O)N5CCN(C(=O)C6CCNCC6)CC5)c(Cl)c4)n3C)c(C(F)(F)F)n2)nc1.O=CO. The molecule has 5 heterocycles. The van der Waals surface area contributed by atoms with Crippen molar-refractivity contribution in [3.05, 3.63) is 65.1 Å². The van der Waals surface area contributed by atoms with Crippen LogP contribution in [0.25, 0.3) is 17.2 Å². The number of nitrogens with zero attached hydrogens (tertiary/aromatic N) is 9. The van der Waals surface area contributed by atoms with Crippen molar-refractivity contribution in [2.24, 2.45) is 13.0 Å². The maximum atomic E-state index is 14.1. The number of piperazine rings is 1. The van der Waals surface area contributed by atoms with E-state index < -0.39 is 17.8 Å². The molecule has 2 aliphatic rings. The number of aromatic nitrogens is 6. The third kappa shape index (κ3) is 8.74. The highest BCUT2D eigenvalue weighted by Crippen LogP contribution is 2.37. The quantitative estimate of drug-likeness (QED) is 0.236. The van der Waals surface area contributed by atoms with Gasteiger partial charge in [0, 0.05) is 65.1 Å². The summed E-state index contributed by atoms with van der Waals surface area (Å²) in [4.78, 5) is 65.3. The minimum atomic E-state index is -4.83. The Morgan fingerprint density at radius 3 is 2.23 bits per heavy atom. The summed E-state index contributed by atoms with van der Waals surface area (Å²) in [7, 11) is 4.96. The lowest BCUT2D eigenvalue weighted by molar-refractivity contribution is -0.141. The molecule has 3 amide bonds. The molecule has 1 aromatic carbocycles. The van der Waals surface area contributed by atoms with Crippen LogP contribution < -0.4 is 15.5 Å². The molecule has 0 radical (unpaired) electrons. The summed E-state index contributed by atoms with van der Waals surface area (Å²) < 4.78 is 44.4. The average Bonchev–Trinajstić information content (AvgIpc) is 3.76. The van der Waals surface area contributed by atoms with Gasteiger partial charge in [-0.15, -0.1) is 0 Å². The molecule has 0 atom stereocenters. The number of anilines is 2. The fraction of sp³-hybridized carbons (Fsp3) is 0.394. The molecule has 16 nitrogen and oxygen atoms in total. The lowest BCUT2D eigenvalue weighted by Gasteiger charge is -2.37. The minimum absolute atomic E-state index is 0.0105. The number of nitrogens with one attached hydrogen (secondary N) is 2. The molecule has 3 aromatic heterocycles. The summed E-state index contributed by atoms with van der Waals surface area (Å²) in [5.74, 6) is -1.12. The van der Waals surface area contributed by atoms with E-state index in [1.807, 2.05) is 4.90 Å². The summed E-state index contributed by atoms with van der Waals surface area (Å²) in [5.41, 5.74) is -0.406. The Labute approximate surface area is 306 Å². The van der Waals surface area contributed by atoms with Gasteiger partial charge in [-0.3, -0.25) is 19.2 Å². The Bertz CT molecular complexity index is 1950. The number of hydrogen-bond donors (Lipinski definition) is 3. The summed E-state index contributed by atoms with van der Waals surface area (Å²) in [6.45, 7) is 3.02. The van der Waals surface area contributed by atoms with Gasteiger partial charge in [0.2, 0.25) is 5.91 Å². The third-order valence-corrected chi connectivity index (χ3v) is 9.13. The first-order chi connectivity index (χ1) is 25.2. The first kappa shape index (κ1) is 38.7. The van der Waals surface area contributed by atoms with Gasteiger partial charge in [-0.2, -0.15) is 18.3 Å². The standard InChI is InChI=1S/C32H35ClF3N11O3.CH2O2/c1-43(2)21-15-39-31(40-16-21)47-18-23(26(42-47)32(34,35)36)25-17-38-27(44(25)3)28(48)41-20-4-5-22(24(33)14-20)30(50)46-12-10-45(11-13-46)29(49)19-6-8-37-9-7-19;2-1-3/h4-5,14-19,37H,6-13H2,1-3H3,(H,41,48);1H,(H,2,3). The molecule has 0 spiro atoms.